The molecule has 4 aromatic rings. The van der Waals surface area contributed by atoms with E-state index >= 15 is 0 Å². The van der Waals surface area contributed by atoms with Crippen LogP contribution in [0.3, 0.4) is 0 Å². The molecule has 3 aliphatic heterocycles. The first-order valence-corrected chi connectivity index (χ1v) is 13.4. The standard InChI is InChI=1S/C33H22FN3O5/c34-22-14-12-20(13-15-22)30(39)28-27(29(38)21-7-5-8-23(18-21)37(41)42)33(25-10-3-4-11-26(25)35-32(33)40)31-24-9-2-1-6-19(24)16-17-36(28)31/h1-18,27-28,31H,(H,35,40)/t27-,28+,31-,33+/m1/s1. The molecule has 1 amide bonds. The number of nitro groups is 1. The van der Waals surface area contributed by atoms with E-state index < -0.39 is 51.6 Å². The first-order chi connectivity index (χ1) is 20.3. The van der Waals surface area contributed by atoms with Crippen LogP contribution in [-0.2, 0) is 10.2 Å². The minimum atomic E-state index is -1.57. The Hall–Kier alpha value is -5.44. The van der Waals surface area contributed by atoms with Gasteiger partial charge in [-0.2, -0.15) is 0 Å². The zero-order valence-corrected chi connectivity index (χ0v) is 21.9. The number of anilines is 1. The highest BCUT2D eigenvalue weighted by Gasteiger charge is 2.70. The van der Waals surface area contributed by atoms with Gasteiger partial charge in [-0.1, -0.05) is 54.6 Å². The molecule has 3 aliphatic rings. The quantitative estimate of drug-likeness (QED) is 0.190. The molecule has 0 radical (unpaired) electrons. The number of Topliss-reactive ketones (excluding diaryl/α,β-unsaturated/α-hetero) is 2. The average molecular weight is 560 g/mol. The number of para-hydroxylation sites is 1. The lowest BCUT2D eigenvalue weighted by atomic mass is 9.62. The Labute approximate surface area is 239 Å². The molecule has 0 bridgehead atoms. The molecule has 1 saturated heterocycles. The number of rotatable bonds is 5. The summed E-state index contributed by atoms with van der Waals surface area (Å²) in [6.45, 7) is 0. The van der Waals surface area contributed by atoms with Crippen molar-refractivity contribution in [1.29, 1.82) is 0 Å². The number of hydrogen-bond acceptors (Lipinski definition) is 6. The molecule has 9 heteroatoms. The third-order valence-corrected chi connectivity index (χ3v) is 8.59. The topological polar surface area (TPSA) is 110 Å². The van der Waals surface area contributed by atoms with Crippen molar-refractivity contribution < 1.29 is 23.7 Å². The van der Waals surface area contributed by atoms with E-state index in [4.69, 9.17) is 0 Å². The van der Waals surface area contributed by atoms with E-state index in [1.165, 1.54) is 48.5 Å². The van der Waals surface area contributed by atoms with E-state index in [-0.39, 0.29) is 16.8 Å². The summed E-state index contributed by atoms with van der Waals surface area (Å²) < 4.78 is 13.9. The van der Waals surface area contributed by atoms with Gasteiger partial charge in [0.2, 0.25) is 5.91 Å². The van der Waals surface area contributed by atoms with Crippen LogP contribution >= 0.6 is 0 Å². The average Bonchev–Trinajstić information content (AvgIpc) is 3.49. The van der Waals surface area contributed by atoms with Crippen molar-refractivity contribution in [2.75, 3.05) is 5.32 Å². The van der Waals surface area contributed by atoms with E-state index in [0.29, 0.717) is 11.3 Å². The SMILES string of the molecule is O=C(c1ccc(F)cc1)[C@@H]1[C@H](C(=O)c2cccc([N+](=O)[O-])c2)[C@]2(C(=O)Nc3ccccc32)[C@H]2c3ccccc3C=CN12. The molecule has 0 aromatic heterocycles. The second-order valence-corrected chi connectivity index (χ2v) is 10.6. The first-order valence-electron chi connectivity index (χ1n) is 13.4. The lowest BCUT2D eigenvalue weighted by Gasteiger charge is -2.38. The number of fused-ring (bicyclic) bond motifs is 6. The van der Waals surface area contributed by atoms with Crippen LogP contribution < -0.4 is 5.32 Å². The molecule has 3 heterocycles. The number of nitrogens with one attached hydrogen (secondary N) is 1. The number of non-ortho nitro benzene ring substituents is 1. The number of carbonyl (C=O) groups excluding carboxylic acids is 3. The van der Waals surface area contributed by atoms with E-state index in [2.05, 4.69) is 5.32 Å². The molecule has 0 saturated carbocycles. The number of benzene rings is 4. The predicted molar refractivity (Wildman–Crippen MR) is 152 cm³/mol. The van der Waals surface area contributed by atoms with E-state index in [1.54, 1.807) is 35.4 Å². The largest absolute Gasteiger partial charge is 0.358 e. The molecule has 0 aliphatic carbocycles. The number of carbonyl (C=O) groups is 3. The van der Waals surface area contributed by atoms with Crippen molar-refractivity contribution in [3.8, 4) is 0 Å². The molecule has 206 valence electrons. The molecular formula is C33H22FN3O5. The van der Waals surface area contributed by atoms with Gasteiger partial charge in [0.1, 0.15) is 17.3 Å². The number of nitrogens with zero attached hydrogens (tertiary/aromatic N) is 2. The summed E-state index contributed by atoms with van der Waals surface area (Å²) in [6, 6.07) is 23.0. The van der Waals surface area contributed by atoms with E-state index in [9.17, 15) is 28.9 Å². The maximum atomic E-state index is 14.7. The van der Waals surface area contributed by atoms with Crippen LogP contribution in [-0.4, -0.2) is 33.3 Å². The summed E-state index contributed by atoms with van der Waals surface area (Å²) in [5, 5.41) is 14.6. The number of nitro benzene ring substituents is 1. The van der Waals surface area contributed by atoms with Gasteiger partial charge < -0.3 is 10.2 Å². The lowest BCUT2D eigenvalue weighted by Crippen LogP contribution is -2.49. The minimum absolute atomic E-state index is 0.0137. The molecule has 4 aromatic carbocycles. The van der Waals surface area contributed by atoms with Crippen molar-refractivity contribution in [3.05, 3.63) is 147 Å². The van der Waals surface area contributed by atoms with Crippen LogP contribution in [0, 0.1) is 21.8 Å². The number of ketones is 2. The highest BCUT2D eigenvalue weighted by molar-refractivity contribution is 6.16. The maximum Gasteiger partial charge on any atom is 0.270 e. The fraction of sp³-hybridized carbons (Fsp3) is 0.121. The molecule has 1 N–H and O–H groups in total. The van der Waals surface area contributed by atoms with Crippen molar-refractivity contribution in [1.82, 2.24) is 4.90 Å². The van der Waals surface area contributed by atoms with Crippen LogP contribution in [0.2, 0.25) is 0 Å². The highest BCUT2D eigenvalue weighted by Crippen LogP contribution is 2.62. The first kappa shape index (κ1) is 25.5. The Kier molecular flexibility index (Phi) is 5.65. The normalized spacial score (nSPS) is 23.2. The molecule has 1 spiro atoms. The Morgan fingerprint density at radius 2 is 1.62 bits per heavy atom. The summed E-state index contributed by atoms with van der Waals surface area (Å²) >= 11 is 0. The fourth-order valence-electron chi connectivity index (χ4n) is 6.90. The minimum Gasteiger partial charge on any atom is -0.358 e. The smallest absolute Gasteiger partial charge is 0.270 e. The Morgan fingerprint density at radius 1 is 0.881 bits per heavy atom. The van der Waals surface area contributed by atoms with Crippen LogP contribution in [0.1, 0.15) is 43.4 Å². The number of hydrogen-bond donors (Lipinski definition) is 1. The summed E-state index contributed by atoms with van der Waals surface area (Å²) in [7, 11) is 0. The van der Waals surface area contributed by atoms with Gasteiger partial charge in [0, 0.05) is 35.1 Å². The molecule has 4 atom stereocenters. The Morgan fingerprint density at radius 3 is 2.40 bits per heavy atom. The van der Waals surface area contributed by atoms with Gasteiger partial charge in [-0.3, -0.25) is 24.5 Å². The second-order valence-electron chi connectivity index (χ2n) is 10.6. The van der Waals surface area contributed by atoms with Crippen LogP contribution in [0.4, 0.5) is 15.8 Å². The predicted octanol–water partition coefficient (Wildman–Crippen LogP) is 5.72. The third kappa shape index (κ3) is 3.49. The lowest BCUT2D eigenvalue weighted by molar-refractivity contribution is -0.384. The van der Waals surface area contributed by atoms with Crippen LogP contribution in [0.5, 0.6) is 0 Å². The van der Waals surface area contributed by atoms with Crippen LogP contribution in [0.15, 0.2) is 103 Å². The molecule has 7 rings (SSSR count). The van der Waals surface area contributed by atoms with Gasteiger partial charge >= 0.3 is 0 Å². The third-order valence-electron chi connectivity index (χ3n) is 8.59. The van der Waals surface area contributed by atoms with Crippen molar-refractivity contribution >= 4 is 34.9 Å². The molecule has 0 unspecified atom stereocenters. The van der Waals surface area contributed by atoms with Gasteiger partial charge in [0.05, 0.1) is 16.9 Å². The monoisotopic (exact) mass is 559 g/mol. The van der Waals surface area contributed by atoms with Gasteiger partial charge in [0.25, 0.3) is 5.69 Å². The van der Waals surface area contributed by atoms with Gasteiger partial charge in [-0.15, -0.1) is 0 Å². The zero-order valence-electron chi connectivity index (χ0n) is 21.9. The van der Waals surface area contributed by atoms with Crippen molar-refractivity contribution in [2.45, 2.75) is 17.5 Å². The van der Waals surface area contributed by atoms with E-state index in [1.807, 2.05) is 30.3 Å². The molecule has 1 fully saturated rings. The zero-order chi connectivity index (χ0) is 29.2. The summed E-state index contributed by atoms with van der Waals surface area (Å²) in [6.07, 6.45) is 3.57. The summed E-state index contributed by atoms with van der Waals surface area (Å²) in [5.74, 6) is -3.30. The Balaban J connectivity index is 1.53. The number of amides is 1. The highest BCUT2D eigenvalue weighted by atomic mass is 19.1. The molecular weight excluding hydrogens is 537 g/mol. The fourth-order valence-corrected chi connectivity index (χ4v) is 6.90. The second kappa shape index (κ2) is 9.31. The summed E-state index contributed by atoms with van der Waals surface area (Å²) in [5.41, 5.74) is 1.03. The van der Waals surface area contributed by atoms with Crippen molar-refractivity contribution in [2.24, 2.45) is 5.92 Å². The van der Waals surface area contributed by atoms with Gasteiger partial charge in [0.15, 0.2) is 11.6 Å². The van der Waals surface area contributed by atoms with Gasteiger partial charge in [-0.05, 0) is 53.1 Å². The van der Waals surface area contributed by atoms with Gasteiger partial charge in [-0.25, -0.2) is 4.39 Å². The van der Waals surface area contributed by atoms with Crippen molar-refractivity contribution in [3.63, 3.8) is 0 Å². The van der Waals surface area contributed by atoms with Crippen LogP contribution in [0.25, 0.3) is 6.08 Å². The van der Waals surface area contributed by atoms with E-state index in [0.717, 1.165) is 11.1 Å². The maximum absolute atomic E-state index is 14.7. The molecule has 8 nitrogen and oxygen atoms in total. The number of halogens is 1. The Bertz CT molecular complexity index is 1850. The summed E-state index contributed by atoms with van der Waals surface area (Å²) in [4.78, 5) is 56.3. The molecule has 42 heavy (non-hydrogen) atoms.